The Morgan fingerprint density at radius 1 is 1.14 bits per heavy atom. The Kier molecular flexibility index (Phi) is 8.73. The number of hydrogen-bond acceptors (Lipinski definition) is 4. The highest BCUT2D eigenvalue weighted by Gasteiger charge is 2.12. The van der Waals surface area contributed by atoms with Gasteiger partial charge in [-0.05, 0) is 66.6 Å². The van der Waals surface area contributed by atoms with Gasteiger partial charge in [0.25, 0.3) is 0 Å². The lowest BCUT2D eigenvalue weighted by Gasteiger charge is -2.20. The molecule has 0 aliphatic heterocycles. The molecule has 0 unspecified atom stereocenters. The fourth-order valence-electron chi connectivity index (χ4n) is 2.15. The van der Waals surface area contributed by atoms with E-state index in [1.54, 1.807) is 0 Å². The molecule has 0 aliphatic rings. The third-order valence-electron chi connectivity index (χ3n) is 3.35. The molecule has 0 atom stereocenters. The van der Waals surface area contributed by atoms with Gasteiger partial charge in [0.1, 0.15) is 6.61 Å². The summed E-state index contributed by atoms with van der Waals surface area (Å²) in [5.41, 5.74) is 6.78. The molecule has 0 heterocycles. The van der Waals surface area contributed by atoms with Crippen molar-refractivity contribution in [3.05, 3.63) is 22.2 Å². The lowest BCUT2D eigenvalue weighted by Crippen LogP contribution is -2.28. The summed E-state index contributed by atoms with van der Waals surface area (Å²) in [6.07, 6.45) is 0.832. The minimum Gasteiger partial charge on any atom is -0.490 e. The van der Waals surface area contributed by atoms with Gasteiger partial charge in [0.05, 0.1) is 11.1 Å². The molecule has 4 nitrogen and oxygen atoms in total. The van der Waals surface area contributed by atoms with E-state index in [4.69, 9.17) is 15.2 Å². The normalized spacial score (nSPS) is 11.0. The highest BCUT2D eigenvalue weighted by Crippen LogP contribution is 2.37. The molecule has 2 N–H and O–H groups in total. The fraction of sp³-hybridized carbons (Fsp3) is 0.625. The number of nitrogens with two attached hydrogens (primary N) is 1. The van der Waals surface area contributed by atoms with Crippen LogP contribution in [0.5, 0.6) is 11.5 Å². The van der Waals surface area contributed by atoms with Gasteiger partial charge in [-0.3, -0.25) is 0 Å². The van der Waals surface area contributed by atoms with Crippen molar-refractivity contribution < 1.29 is 9.47 Å². The third-order valence-corrected chi connectivity index (χ3v) is 3.94. The molecule has 1 aromatic carbocycles. The van der Waals surface area contributed by atoms with Crippen LogP contribution >= 0.6 is 15.9 Å². The van der Waals surface area contributed by atoms with E-state index in [1.807, 2.05) is 13.0 Å². The molecule has 0 saturated heterocycles. The Balaban J connectivity index is 2.79. The van der Waals surface area contributed by atoms with Crippen LogP contribution in [-0.4, -0.2) is 44.3 Å². The van der Waals surface area contributed by atoms with E-state index in [0.29, 0.717) is 19.8 Å². The Morgan fingerprint density at radius 3 is 2.43 bits per heavy atom. The van der Waals surface area contributed by atoms with Crippen LogP contribution in [0.1, 0.15) is 26.3 Å². The summed E-state index contributed by atoms with van der Waals surface area (Å²) in [5, 5.41) is 0. The third kappa shape index (κ3) is 5.85. The summed E-state index contributed by atoms with van der Waals surface area (Å²) in [6, 6.07) is 4.08. The van der Waals surface area contributed by atoms with Crippen molar-refractivity contribution in [1.29, 1.82) is 0 Å². The van der Waals surface area contributed by atoms with Crippen molar-refractivity contribution in [2.24, 2.45) is 5.73 Å². The molecule has 0 amide bonds. The summed E-state index contributed by atoms with van der Waals surface area (Å²) in [6.45, 7) is 11.2. The lowest BCUT2D eigenvalue weighted by molar-refractivity contribution is 0.213. The maximum Gasteiger partial charge on any atom is 0.175 e. The molecule has 5 heteroatoms. The van der Waals surface area contributed by atoms with E-state index in [1.165, 1.54) is 0 Å². The SMILES string of the molecule is CCOc1cc(CCN)cc(Br)c1OCCN(CC)CC. The summed E-state index contributed by atoms with van der Waals surface area (Å²) in [5.74, 6) is 1.57. The van der Waals surface area contributed by atoms with Crippen LogP contribution in [0, 0.1) is 0 Å². The quantitative estimate of drug-likeness (QED) is 0.698. The van der Waals surface area contributed by atoms with Gasteiger partial charge in [0.2, 0.25) is 0 Å². The van der Waals surface area contributed by atoms with E-state index in [-0.39, 0.29) is 0 Å². The zero-order chi connectivity index (χ0) is 15.7. The van der Waals surface area contributed by atoms with E-state index < -0.39 is 0 Å². The number of halogens is 1. The summed E-state index contributed by atoms with van der Waals surface area (Å²) in [4.78, 5) is 2.33. The van der Waals surface area contributed by atoms with Crippen molar-refractivity contribution in [1.82, 2.24) is 4.90 Å². The van der Waals surface area contributed by atoms with Gasteiger partial charge < -0.3 is 20.1 Å². The van der Waals surface area contributed by atoms with E-state index >= 15 is 0 Å². The van der Waals surface area contributed by atoms with Gasteiger partial charge >= 0.3 is 0 Å². The van der Waals surface area contributed by atoms with Crippen molar-refractivity contribution >= 4 is 15.9 Å². The second kappa shape index (κ2) is 10.0. The van der Waals surface area contributed by atoms with Crippen LogP contribution in [0.25, 0.3) is 0 Å². The highest BCUT2D eigenvalue weighted by atomic mass is 79.9. The van der Waals surface area contributed by atoms with Gasteiger partial charge in [-0.1, -0.05) is 13.8 Å². The van der Waals surface area contributed by atoms with Crippen LogP contribution in [0.3, 0.4) is 0 Å². The molecule has 0 bridgehead atoms. The minimum absolute atomic E-state index is 0.616. The van der Waals surface area contributed by atoms with Gasteiger partial charge in [-0.25, -0.2) is 0 Å². The molecule has 1 aromatic rings. The van der Waals surface area contributed by atoms with E-state index in [2.05, 4.69) is 40.7 Å². The maximum absolute atomic E-state index is 5.94. The lowest BCUT2D eigenvalue weighted by atomic mass is 10.1. The van der Waals surface area contributed by atoms with Crippen LogP contribution in [-0.2, 0) is 6.42 Å². The van der Waals surface area contributed by atoms with Gasteiger partial charge in [0.15, 0.2) is 11.5 Å². The highest BCUT2D eigenvalue weighted by molar-refractivity contribution is 9.10. The van der Waals surface area contributed by atoms with E-state index in [0.717, 1.165) is 47.6 Å². The summed E-state index contributed by atoms with van der Waals surface area (Å²) in [7, 11) is 0. The van der Waals surface area contributed by atoms with Crippen LogP contribution < -0.4 is 15.2 Å². The number of hydrogen-bond donors (Lipinski definition) is 1. The van der Waals surface area contributed by atoms with Crippen molar-refractivity contribution in [2.45, 2.75) is 27.2 Å². The monoisotopic (exact) mass is 358 g/mol. The number of likely N-dealkylation sites (N-methyl/N-ethyl adjacent to an activating group) is 1. The van der Waals surface area contributed by atoms with Crippen molar-refractivity contribution in [3.8, 4) is 11.5 Å². The predicted octanol–water partition coefficient (Wildman–Crippen LogP) is 3.07. The molecular formula is C16H27BrN2O2. The zero-order valence-electron chi connectivity index (χ0n) is 13.3. The van der Waals surface area contributed by atoms with Gasteiger partial charge in [-0.2, -0.15) is 0 Å². The first-order valence-corrected chi connectivity index (χ1v) is 8.45. The molecule has 120 valence electrons. The Bertz CT molecular complexity index is 423. The number of ether oxygens (including phenoxy) is 2. The fourth-order valence-corrected chi connectivity index (χ4v) is 2.76. The molecule has 21 heavy (non-hydrogen) atoms. The average Bonchev–Trinajstić information content (AvgIpc) is 2.46. The Morgan fingerprint density at radius 2 is 1.86 bits per heavy atom. The first-order valence-electron chi connectivity index (χ1n) is 7.66. The number of rotatable bonds is 10. The predicted molar refractivity (Wildman–Crippen MR) is 91.4 cm³/mol. The van der Waals surface area contributed by atoms with Crippen molar-refractivity contribution in [3.63, 3.8) is 0 Å². The first kappa shape index (κ1) is 18.3. The largest absolute Gasteiger partial charge is 0.490 e. The molecule has 0 saturated carbocycles. The van der Waals surface area contributed by atoms with Crippen LogP contribution in [0.2, 0.25) is 0 Å². The smallest absolute Gasteiger partial charge is 0.175 e. The number of nitrogens with zero attached hydrogens (tertiary/aromatic N) is 1. The molecule has 0 aliphatic carbocycles. The standard InChI is InChI=1S/C16H27BrN2O2/c1-4-19(5-2)9-10-21-16-14(17)11-13(7-8-18)12-15(16)20-6-3/h11-12H,4-10,18H2,1-3H3. The van der Waals surface area contributed by atoms with Crippen molar-refractivity contribution in [2.75, 3.05) is 39.4 Å². The molecule has 0 aromatic heterocycles. The average molecular weight is 359 g/mol. The maximum atomic E-state index is 5.94. The second-order valence-electron chi connectivity index (χ2n) is 4.75. The second-order valence-corrected chi connectivity index (χ2v) is 5.61. The summed E-state index contributed by atoms with van der Waals surface area (Å²) >= 11 is 3.58. The topological polar surface area (TPSA) is 47.7 Å². The minimum atomic E-state index is 0.616. The molecule has 0 fully saturated rings. The van der Waals surface area contributed by atoms with E-state index in [9.17, 15) is 0 Å². The summed E-state index contributed by atoms with van der Waals surface area (Å²) < 4.78 is 12.6. The molecule has 0 radical (unpaired) electrons. The van der Waals surface area contributed by atoms with Crippen LogP contribution in [0.15, 0.2) is 16.6 Å². The molecular weight excluding hydrogens is 332 g/mol. The van der Waals surface area contributed by atoms with Gasteiger partial charge in [-0.15, -0.1) is 0 Å². The van der Waals surface area contributed by atoms with Crippen LogP contribution in [0.4, 0.5) is 0 Å². The van der Waals surface area contributed by atoms with Gasteiger partial charge in [0, 0.05) is 6.54 Å². The Labute approximate surface area is 136 Å². The zero-order valence-corrected chi connectivity index (χ0v) is 14.9. The Hall–Kier alpha value is -0.780. The first-order chi connectivity index (χ1) is 10.2. The number of benzene rings is 1. The molecule has 1 rings (SSSR count). The molecule has 0 spiro atoms.